The standard InChI is InChI=1S/C10H16N4OS/c1-2-4-14-9(6-12-13-14)10(15)8-7-16-5-3-11-8/h6,8,11H,2-5,7H2,1H3. The van der Waals surface area contributed by atoms with E-state index in [1.165, 1.54) is 0 Å². The molecule has 1 saturated heterocycles. The van der Waals surface area contributed by atoms with Gasteiger partial charge in [0.25, 0.3) is 0 Å². The molecule has 0 saturated carbocycles. The SMILES string of the molecule is CCCn1nncc1C(=O)C1CSCCN1. The van der Waals surface area contributed by atoms with Crippen LogP contribution in [0, 0.1) is 0 Å². The van der Waals surface area contributed by atoms with E-state index in [9.17, 15) is 4.79 Å². The predicted molar refractivity (Wildman–Crippen MR) is 63.8 cm³/mol. The van der Waals surface area contributed by atoms with Crippen LogP contribution in [-0.4, -0.2) is 44.9 Å². The Morgan fingerprint density at radius 2 is 2.62 bits per heavy atom. The molecule has 2 heterocycles. The Morgan fingerprint density at radius 3 is 3.31 bits per heavy atom. The lowest BCUT2D eigenvalue weighted by molar-refractivity contribution is 0.0942. The fourth-order valence-corrected chi connectivity index (χ4v) is 2.67. The van der Waals surface area contributed by atoms with Crippen LogP contribution in [-0.2, 0) is 6.54 Å². The normalized spacial score (nSPS) is 20.9. The number of aromatic nitrogens is 3. The molecule has 0 spiro atoms. The number of Topliss-reactive ketones (excluding diaryl/α,β-unsaturated/α-hetero) is 1. The van der Waals surface area contributed by atoms with Crippen LogP contribution in [0.15, 0.2) is 6.20 Å². The molecular weight excluding hydrogens is 224 g/mol. The number of nitrogens with zero attached hydrogens (tertiary/aromatic N) is 3. The van der Waals surface area contributed by atoms with E-state index >= 15 is 0 Å². The molecule has 1 unspecified atom stereocenters. The second kappa shape index (κ2) is 5.45. The van der Waals surface area contributed by atoms with Crippen LogP contribution < -0.4 is 5.32 Å². The first kappa shape index (κ1) is 11.6. The number of hydrogen-bond donors (Lipinski definition) is 1. The molecule has 0 amide bonds. The summed E-state index contributed by atoms with van der Waals surface area (Å²) in [6.45, 7) is 3.71. The van der Waals surface area contributed by atoms with E-state index in [4.69, 9.17) is 0 Å². The molecule has 0 aliphatic carbocycles. The van der Waals surface area contributed by atoms with Gasteiger partial charge in [0, 0.05) is 24.6 Å². The van der Waals surface area contributed by atoms with Gasteiger partial charge in [0.2, 0.25) is 0 Å². The second-order valence-electron chi connectivity index (χ2n) is 3.79. The summed E-state index contributed by atoms with van der Waals surface area (Å²) in [5.74, 6) is 2.04. The first-order valence-electron chi connectivity index (χ1n) is 5.56. The van der Waals surface area contributed by atoms with Gasteiger partial charge in [-0.15, -0.1) is 5.10 Å². The Bertz CT molecular complexity index is 359. The van der Waals surface area contributed by atoms with Crippen molar-refractivity contribution in [1.82, 2.24) is 20.3 Å². The molecule has 1 aromatic rings. The molecule has 0 aromatic carbocycles. The summed E-state index contributed by atoms with van der Waals surface area (Å²) in [5, 5.41) is 11.0. The van der Waals surface area contributed by atoms with Crippen molar-refractivity contribution in [2.24, 2.45) is 0 Å². The van der Waals surface area contributed by atoms with Gasteiger partial charge >= 0.3 is 0 Å². The zero-order valence-corrected chi connectivity index (χ0v) is 10.2. The van der Waals surface area contributed by atoms with Crippen LogP contribution in [0.5, 0.6) is 0 Å². The Labute approximate surface area is 99.0 Å². The van der Waals surface area contributed by atoms with Crippen molar-refractivity contribution < 1.29 is 4.79 Å². The number of carbonyl (C=O) groups excluding carboxylic acids is 1. The molecule has 16 heavy (non-hydrogen) atoms. The number of aryl methyl sites for hydroxylation is 1. The minimum Gasteiger partial charge on any atom is -0.306 e. The predicted octanol–water partition coefficient (Wildman–Crippen LogP) is 0.576. The van der Waals surface area contributed by atoms with Gasteiger partial charge < -0.3 is 5.32 Å². The lowest BCUT2D eigenvalue weighted by Gasteiger charge is -2.21. The van der Waals surface area contributed by atoms with Crippen molar-refractivity contribution in [1.29, 1.82) is 0 Å². The van der Waals surface area contributed by atoms with Crippen LogP contribution in [0.2, 0.25) is 0 Å². The Hall–Kier alpha value is -0.880. The van der Waals surface area contributed by atoms with Crippen LogP contribution in [0.4, 0.5) is 0 Å². The third-order valence-electron chi connectivity index (χ3n) is 2.54. The molecule has 88 valence electrons. The lowest BCUT2D eigenvalue weighted by atomic mass is 10.1. The maximum atomic E-state index is 12.2. The van der Waals surface area contributed by atoms with Gasteiger partial charge in [-0.1, -0.05) is 12.1 Å². The average Bonchev–Trinajstić information content (AvgIpc) is 2.78. The number of nitrogens with one attached hydrogen (secondary N) is 1. The highest BCUT2D eigenvalue weighted by molar-refractivity contribution is 7.99. The van der Waals surface area contributed by atoms with Gasteiger partial charge in [0.15, 0.2) is 5.78 Å². The molecule has 1 N–H and O–H groups in total. The number of hydrogen-bond acceptors (Lipinski definition) is 5. The van der Waals surface area contributed by atoms with Crippen LogP contribution in [0.3, 0.4) is 0 Å². The van der Waals surface area contributed by atoms with Gasteiger partial charge in [-0.05, 0) is 6.42 Å². The molecule has 6 heteroatoms. The summed E-state index contributed by atoms with van der Waals surface area (Å²) in [5.41, 5.74) is 0.627. The van der Waals surface area contributed by atoms with Gasteiger partial charge in [0.05, 0.1) is 12.2 Å². The van der Waals surface area contributed by atoms with Gasteiger partial charge in [-0.25, -0.2) is 4.68 Å². The van der Waals surface area contributed by atoms with E-state index in [-0.39, 0.29) is 11.8 Å². The highest BCUT2D eigenvalue weighted by Crippen LogP contribution is 2.12. The summed E-state index contributed by atoms with van der Waals surface area (Å²) < 4.78 is 1.70. The first-order valence-corrected chi connectivity index (χ1v) is 6.72. The van der Waals surface area contributed by atoms with Gasteiger partial charge in [-0.3, -0.25) is 4.79 Å². The summed E-state index contributed by atoms with van der Waals surface area (Å²) in [6.07, 6.45) is 2.52. The minimum absolute atomic E-state index is 0.0761. The van der Waals surface area contributed by atoms with E-state index < -0.39 is 0 Å². The van der Waals surface area contributed by atoms with Crippen molar-refractivity contribution >= 4 is 17.5 Å². The second-order valence-corrected chi connectivity index (χ2v) is 4.94. The van der Waals surface area contributed by atoms with Crippen LogP contribution >= 0.6 is 11.8 Å². The fraction of sp³-hybridized carbons (Fsp3) is 0.700. The maximum Gasteiger partial charge on any atom is 0.200 e. The first-order chi connectivity index (χ1) is 7.83. The molecule has 1 aliphatic rings. The van der Waals surface area contributed by atoms with Crippen LogP contribution in [0.1, 0.15) is 23.8 Å². The topological polar surface area (TPSA) is 59.8 Å². The third-order valence-corrected chi connectivity index (χ3v) is 3.61. The molecule has 2 rings (SSSR count). The van der Waals surface area contributed by atoms with Crippen molar-refractivity contribution in [3.05, 3.63) is 11.9 Å². The zero-order chi connectivity index (χ0) is 11.4. The van der Waals surface area contributed by atoms with Crippen molar-refractivity contribution in [2.45, 2.75) is 25.9 Å². The summed E-state index contributed by atoms with van der Waals surface area (Å²) >= 11 is 1.81. The number of ketones is 1. The third kappa shape index (κ3) is 2.44. The molecule has 0 radical (unpaired) electrons. The molecule has 1 fully saturated rings. The molecule has 0 bridgehead atoms. The Balaban J connectivity index is 2.09. The van der Waals surface area contributed by atoms with Crippen molar-refractivity contribution in [2.75, 3.05) is 18.1 Å². The molecule has 1 atom stereocenters. The van der Waals surface area contributed by atoms with E-state index in [0.29, 0.717) is 5.69 Å². The van der Waals surface area contributed by atoms with Crippen molar-refractivity contribution in [3.8, 4) is 0 Å². The average molecular weight is 240 g/mol. The van der Waals surface area contributed by atoms with Crippen LogP contribution in [0.25, 0.3) is 0 Å². The monoisotopic (exact) mass is 240 g/mol. The number of thioether (sulfide) groups is 1. The molecular formula is C10H16N4OS. The number of carbonyl (C=O) groups is 1. The van der Waals surface area contributed by atoms with Crippen molar-refractivity contribution in [3.63, 3.8) is 0 Å². The van der Waals surface area contributed by atoms with Gasteiger partial charge in [-0.2, -0.15) is 11.8 Å². The summed E-state index contributed by atoms with van der Waals surface area (Å²) in [4.78, 5) is 12.2. The highest BCUT2D eigenvalue weighted by Gasteiger charge is 2.25. The summed E-state index contributed by atoms with van der Waals surface area (Å²) in [6, 6.07) is -0.0761. The van der Waals surface area contributed by atoms with E-state index in [0.717, 1.165) is 31.0 Å². The summed E-state index contributed by atoms with van der Waals surface area (Å²) in [7, 11) is 0. The zero-order valence-electron chi connectivity index (χ0n) is 9.35. The lowest BCUT2D eigenvalue weighted by Crippen LogP contribution is -2.44. The molecule has 1 aliphatic heterocycles. The maximum absolute atomic E-state index is 12.2. The van der Waals surface area contributed by atoms with E-state index in [2.05, 4.69) is 22.6 Å². The largest absolute Gasteiger partial charge is 0.306 e. The minimum atomic E-state index is -0.0761. The quantitative estimate of drug-likeness (QED) is 0.780. The smallest absolute Gasteiger partial charge is 0.200 e. The number of rotatable bonds is 4. The Morgan fingerprint density at radius 1 is 1.75 bits per heavy atom. The highest BCUT2D eigenvalue weighted by atomic mass is 32.2. The molecule has 5 nitrogen and oxygen atoms in total. The molecule has 1 aromatic heterocycles. The fourth-order valence-electron chi connectivity index (χ4n) is 1.74. The van der Waals surface area contributed by atoms with Gasteiger partial charge in [0.1, 0.15) is 5.69 Å². The Kier molecular flexibility index (Phi) is 3.95. The van der Waals surface area contributed by atoms with E-state index in [1.54, 1.807) is 10.9 Å². The van der Waals surface area contributed by atoms with E-state index in [1.807, 2.05) is 11.8 Å².